The van der Waals surface area contributed by atoms with Gasteiger partial charge in [0.25, 0.3) is 5.91 Å². The first-order valence-corrected chi connectivity index (χ1v) is 7.56. The lowest BCUT2D eigenvalue weighted by Crippen LogP contribution is -2.52. The summed E-state index contributed by atoms with van der Waals surface area (Å²) in [5.74, 6) is -1.00. The van der Waals surface area contributed by atoms with Crippen LogP contribution in [0.4, 0.5) is 0 Å². The Morgan fingerprint density at radius 2 is 2.00 bits per heavy atom. The molecule has 1 N–H and O–H groups in total. The van der Waals surface area contributed by atoms with Crippen molar-refractivity contribution in [1.82, 2.24) is 15.2 Å². The number of fused-ring (bicyclic) bond motifs is 3. The van der Waals surface area contributed by atoms with Gasteiger partial charge in [0.05, 0.1) is 5.52 Å². The Morgan fingerprint density at radius 3 is 2.75 bits per heavy atom. The van der Waals surface area contributed by atoms with E-state index in [4.69, 9.17) is 5.26 Å². The quantitative estimate of drug-likeness (QED) is 0.785. The van der Waals surface area contributed by atoms with E-state index in [-0.39, 0.29) is 30.5 Å². The molecule has 1 saturated heterocycles. The Kier molecular flexibility index (Phi) is 3.06. The van der Waals surface area contributed by atoms with E-state index in [2.05, 4.69) is 10.3 Å². The van der Waals surface area contributed by atoms with Crippen LogP contribution in [0.5, 0.6) is 0 Å². The number of aromatic nitrogens is 1. The summed E-state index contributed by atoms with van der Waals surface area (Å²) >= 11 is 0. The number of carbonyl (C=O) groups excluding carboxylic acids is 3. The van der Waals surface area contributed by atoms with Crippen molar-refractivity contribution in [3.8, 4) is 6.07 Å². The number of nitriles is 1. The molecule has 0 bridgehead atoms. The summed E-state index contributed by atoms with van der Waals surface area (Å²) in [5, 5.41) is 12.2. The summed E-state index contributed by atoms with van der Waals surface area (Å²) < 4.78 is 0. The fourth-order valence-corrected chi connectivity index (χ4v) is 3.30. The van der Waals surface area contributed by atoms with E-state index < -0.39 is 11.9 Å². The molecule has 1 unspecified atom stereocenters. The van der Waals surface area contributed by atoms with Crippen LogP contribution in [-0.4, -0.2) is 33.6 Å². The molecular formula is C17H12N4O3. The Labute approximate surface area is 136 Å². The third-order valence-corrected chi connectivity index (χ3v) is 4.49. The molecule has 0 spiro atoms. The monoisotopic (exact) mass is 320 g/mol. The highest BCUT2D eigenvalue weighted by atomic mass is 16.2. The van der Waals surface area contributed by atoms with Crippen molar-refractivity contribution in [3.63, 3.8) is 0 Å². The average Bonchev–Trinajstić information content (AvgIpc) is 2.91. The van der Waals surface area contributed by atoms with Crippen LogP contribution in [-0.2, 0) is 16.1 Å². The lowest BCUT2D eigenvalue weighted by Gasteiger charge is -2.29. The molecule has 2 aliphatic heterocycles. The van der Waals surface area contributed by atoms with Crippen LogP contribution in [0.25, 0.3) is 10.9 Å². The molecule has 1 atom stereocenters. The van der Waals surface area contributed by atoms with Crippen LogP contribution < -0.4 is 5.32 Å². The van der Waals surface area contributed by atoms with Gasteiger partial charge in [-0.15, -0.1) is 0 Å². The maximum absolute atomic E-state index is 12.7. The molecule has 0 radical (unpaired) electrons. The van der Waals surface area contributed by atoms with Crippen LogP contribution in [0.15, 0.2) is 24.3 Å². The molecule has 118 valence electrons. The summed E-state index contributed by atoms with van der Waals surface area (Å²) in [6, 6.07) is 8.27. The minimum atomic E-state index is -0.656. The van der Waals surface area contributed by atoms with Crippen LogP contribution in [0.2, 0.25) is 0 Å². The second-order valence-electron chi connectivity index (χ2n) is 5.87. The summed E-state index contributed by atoms with van der Waals surface area (Å²) in [6.45, 7) is 0.250. The first kappa shape index (κ1) is 14.3. The van der Waals surface area contributed by atoms with Crippen molar-refractivity contribution in [2.45, 2.75) is 25.4 Å². The molecule has 24 heavy (non-hydrogen) atoms. The molecule has 1 fully saturated rings. The lowest BCUT2D eigenvalue weighted by molar-refractivity contribution is -0.136. The van der Waals surface area contributed by atoms with E-state index in [1.165, 1.54) is 4.90 Å². The number of nitrogens with zero attached hydrogens (tertiary/aromatic N) is 3. The zero-order valence-corrected chi connectivity index (χ0v) is 12.6. The molecule has 2 aromatic rings. The number of hydrogen-bond acceptors (Lipinski definition) is 5. The fourth-order valence-electron chi connectivity index (χ4n) is 3.30. The van der Waals surface area contributed by atoms with E-state index >= 15 is 0 Å². The molecule has 4 rings (SSSR count). The SMILES string of the molecule is N#Cc1ccc2ccc3c(c2n1)CN(C1CCC(=O)NC1=O)C3=O. The van der Waals surface area contributed by atoms with Crippen molar-refractivity contribution in [1.29, 1.82) is 5.26 Å². The van der Waals surface area contributed by atoms with Gasteiger partial charge in [-0.3, -0.25) is 19.7 Å². The Hall–Kier alpha value is -3.27. The number of amides is 3. The van der Waals surface area contributed by atoms with E-state index in [9.17, 15) is 14.4 Å². The number of piperidine rings is 1. The number of nitrogens with one attached hydrogen (secondary N) is 1. The first-order chi connectivity index (χ1) is 11.6. The van der Waals surface area contributed by atoms with Gasteiger partial charge in [0, 0.05) is 29.5 Å². The normalized spacial score (nSPS) is 20.0. The molecule has 7 heteroatoms. The lowest BCUT2D eigenvalue weighted by atomic mass is 10.0. The van der Waals surface area contributed by atoms with Gasteiger partial charge in [-0.1, -0.05) is 6.07 Å². The fraction of sp³-hybridized carbons (Fsp3) is 0.235. The predicted octanol–water partition coefficient (Wildman–Crippen LogP) is 0.867. The predicted molar refractivity (Wildman–Crippen MR) is 82.5 cm³/mol. The number of pyridine rings is 1. The molecule has 1 aromatic heterocycles. The van der Waals surface area contributed by atoms with Crippen molar-refractivity contribution < 1.29 is 14.4 Å². The van der Waals surface area contributed by atoms with Crippen molar-refractivity contribution in [3.05, 3.63) is 41.1 Å². The molecule has 0 aliphatic carbocycles. The highest BCUT2D eigenvalue weighted by molar-refractivity contribution is 6.07. The zero-order chi connectivity index (χ0) is 16.8. The Morgan fingerprint density at radius 1 is 1.21 bits per heavy atom. The summed E-state index contributed by atoms with van der Waals surface area (Å²) in [4.78, 5) is 41.9. The molecule has 0 saturated carbocycles. The second-order valence-corrected chi connectivity index (χ2v) is 5.87. The minimum absolute atomic E-state index is 0.216. The summed E-state index contributed by atoms with van der Waals surface area (Å²) in [5.41, 5.74) is 2.10. The van der Waals surface area contributed by atoms with Gasteiger partial charge in [-0.05, 0) is 24.6 Å². The van der Waals surface area contributed by atoms with Crippen molar-refractivity contribution in [2.24, 2.45) is 0 Å². The van der Waals surface area contributed by atoms with E-state index in [1.807, 2.05) is 6.07 Å². The maximum Gasteiger partial charge on any atom is 0.255 e. The molecule has 7 nitrogen and oxygen atoms in total. The molecule has 1 aromatic carbocycles. The number of imide groups is 1. The molecule has 2 aliphatic rings. The largest absolute Gasteiger partial charge is 0.322 e. The molecule has 3 heterocycles. The van der Waals surface area contributed by atoms with Crippen LogP contribution in [0.3, 0.4) is 0 Å². The van der Waals surface area contributed by atoms with Gasteiger partial charge < -0.3 is 4.90 Å². The number of benzene rings is 1. The van der Waals surface area contributed by atoms with Crippen molar-refractivity contribution in [2.75, 3.05) is 0 Å². The Bertz CT molecular complexity index is 960. The number of hydrogen-bond donors (Lipinski definition) is 1. The average molecular weight is 320 g/mol. The van der Waals surface area contributed by atoms with Crippen LogP contribution >= 0.6 is 0 Å². The van der Waals surface area contributed by atoms with Crippen LogP contribution in [0, 0.1) is 11.3 Å². The number of rotatable bonds is 1. The first-order valence-electron chi connectivity index (χ1n) is 7.56. The maximum atomic E-state index is 12.7. The van der Waals surface area contributed by atoms with Gasteiger partial charge >= 0.3 is 0 Å². The van der Waals surface area contributed by atoms with Crippen LogP contribution in [0.1, 0.15) is 34.5 Å². The summed E-state index contributed by atoms with van der Waals surface area (Å²) in [7, 11) is 0. The minimum Gasteiger partial charge on any atom is -0.322 e. The third kappa shape index (κ3) is 2.04. The van der Waals surface area contributed by atoms with Gasteiger partial charge in [-0.25, -0.2) is 4.98 Å². The van der Waals surface area contributed by atoms with Gasteiger partial charge in [0.1, 0.15) is 17.8 Å². The van der Waals surface area contributed by atoms with Gasteiger partial charge in [0.2, 0.25) is 11.8 Å². The number of carbonyl (C=O) groups is 3. The molecule has 3 amide bonds. The zero-order valence-electron chi connectivity index (χ0n) is 12.6. The van der Waals surface area contributed by atoms with E-state index in [0.29, 0.717) is 17.5 Å². The van der Waals surface area contributed by atoms with E-state index in [1.54, 1.807) is 24.3 Å². The standard InChI is InChI=1S/C17H12N4O3/c18-7-10-3-1-9-2-4-11-12(15(9)19-10)8-21(17(11)24)13-5-6-14(22)20-16(13)23/h1-4,13H,5-6,8H2,(H,20,22,23). The molecular weight excluding hydrogens is 308 g/mol. The Balaban J connectivity index is 1.77. The highest BCUT2D eigenvalue weighted by Gasteiger charge is 2.39. The third-order valence-electron chi connectivity index (χ3n) is 4.49. The topological polar surface area (TPSA) is 103 Å². The van der Waals surface area contributed by atoms with E-state index in [0.717, 1.165) is 10.9 Å². The van der Waals surface area contributed by atoms with Gasteiger partial charge in [-0.2, -0.15) is 5.26 Å². The van der Waals surface area contributed by atoms with Gasteiger partial charge in [0.15, 0.2) is 0 Å². The smallest absolute Gasteiger partial charge is 0.255 e. The van der Waals surface area contributed by atoms with Crippen molar-refractivity contribution >= 4 is 28.6 Å². The highest BCUT2D eigenvalue weighted by Crippen LogP contribution is 2.32. The summed E-state index contributed by atoms with van der Waals surface area (Å²) in [6.07, 6.45) is 0.535. The second kappa shape index (κ2) is 5.13.